The molecule has 1 aliphatic heterocycles. The van der Waals surface area contributed by atoms with Crippen LogP contribution >= 0.6 is 0 Å². The highest BCUT2D eigenvalue weighted by Gasteiger charge is 2.27. The van der Waals surface area contributed by atoms with E-state index in [9.17, 15) is 0 Å². The van der Waals surface area contributed by atoms with Crippen molar-refractivity contribution in [2.75, 3.05) is 19.7 Å². The summed E-state index contributed by atoms with van der Waals surface area (Å²) in [7, 11) is 0. The van der Waals surface area contributed by atoms with E-state index in [0.717, 1.165) is 26.1 Å². The normalized spacial score (nSPS) is 28.6. The molecule has 0 amide bonds. The standard InChI is InChI=1S/C12H26N2O/c1-4-12-10(5-6-15-12)8-14-11(7-13)9(2)3/h9-12,14H,4-8,13H2,1-3H3. The summed E-state index contributed by atoms with van der Waals surface area (Å²) in [6.07, 6.45) is 2.78. The summed E-state index contributed by atoms with van der Waals surface area (Å²) in [5.74, 6) is 1.29. The van der Waals surface area contributed by atoms with Gasteiger partial charge in [-0.1, -0.05) is 20.8 Å². The van der Waals surface area contributed by atoms with Crippen LogP contribution in [0.15, 0.2) is 0 Å². The van der Waals surface area contributed by atoms with Crippen LogP contribution in [-0.2, 0) is 4.74 Å². The summed E-state index contributed by atoms with van der Waals surface area (Å²) in [6, 6.07) is 0.447. The Balaban J connectivity index is 2.28. The van der Waals surface area contributed by atoms with E-state index in [1.807, 2.05) is 0 Å². The van der Waals surface area contributed by atoms with Gasteiger partial charge in [0.05, 0.1) is 6.10 Å². The van der Waals surface area contributed by atoms with Crippen molar-refractivity contribution in [3.63, 3.8) is 0 Å². The van der Waals surface area contributed by atoms with E-state index >= 15 is 0 Å². The molecule has 0 bridgehead atoms. The molecule has 0 aromatic heterocycles. The highest BCUT2D eigenvalue weighted by Crippen LogP contribution is 2.22. The van der Waals surface area contributed by atoms with Gasteiger partial charge in [0.25, 0.3) is 0 Å². The molecule has 1 fully saturated rings. The van der Waals surface area contributed by atoms with E-state index in [0.29, 0.717) is 24.0 Å². The van der Waals surface area contributed by atoms with Gasteiger partial charge in [0.2, 0.25) is 0 Å². The number of ether oxygens (including phenoxy) is 1. The molecule has 0 spiro atoms. The lowest BCUT2D eigenvalue weighted by atomic mass is 9.98. The highest BCUT2D eigenvalue weighted by molar-refractivity contribution is 4.80. The van der Waals surface area contributed by atoms with Crippen LogP contribution in [0.1, 0.15) is 33.6 Å². The molecule has 1 rings (SSSR count). The summed E-state index contributed by atoms with van der Waals surface area (Å²) in [5.41, 5.74) is 5.73. The first-order chi connectivity index (χ1) is 7.19. The maximum atomic E-state index is 5.73. The van der Waals surface area contributed by atoms with Gasteiger partial charge in [-0.2, -0.15) is 0 Å². The number of nitrogens with one attached hydrogen (secondary N) is 1. The van der Waals surface area contributed by atoms with E-state index in [-0.39, 0.29) is 0 Å². The molecule has 3 N–H and O–H groups in total. The first-order valence-corrected chi connectivity index (χ1v) is 6.24. The van der Waals surface area contributed by atoms with Crippen LogP contribution in [0.2, 0.25) is 0 Å². The Morgan fingerprint density at radius 3 is 2.73 bits per heavy atom. The fraction of sp³-hybridized carbons (Fsp3) is 1.00. The van der Waals surface area contributed by atoms with Gasteiger partial charge in [-0.05, 0) is 24.7 Å². The topological polar surface area (TPSA) is 47.3 Å². The molecule has 3 nitrogen and oxygen atoms in total. The quantitative estimate of drug-likeness (QED) is 0.702. The van der Waals surface area contributed by atoms with Gasteiger partial charge in [0.1, 0.15) is 0 Å². The predicted octanol–water partition coefficient (Wildman–Crippen LogP) is 1.37. The van der Waals surface area contributed by atoms with Gasteiger partial charge in [-0.25, -0.2) is 0 Å². The summed E-state index contributed by atoms with van der Waals surface area (Å²) in [4.78, 5) is 0. The molecular formula is C12H26N2O. The summed E-state index contributed by atoms with van der Waals surface area (Å²) >= 11 is 0. The molecule has 3 unspecified atom stereocenters. The molecule has 1 aliphatic rings. The summed E-state index contributed by atoms with van der Waals surface area (Å²) in [5, 5.41) is 3.57. The molecule has 1 heterocycles. The van der Waals surface area contributed by atoms with Crippen LogP contribution in [0.3, 0.4) is 0 Å². The average Bonchev–Trinajstić information content (AvgIpc) is 2.65. The van der Waals surface area contributed by atoms with Crippen molar-refractivity contribution in [1.82, 2.24) is 5.32 Å². The Morgan fingerprint density at radius 2 is 2.20 bits per heavy atom. The third kappa shape index (κ3) is 3.74. The van der Waals surface area contributed by atoms with Gasteiger partial charge in [0, 0.05) is 25.7 Å². The first kappa shape index (κ1) is 12.9. The highest BCUT2D eigenvalue weighted by atomic mass is 16.5. The SMILES string of the molecule is CCC1OCCC1CNC(CN)C(C)C. The van der Waals surface area contributed by atoms with E-state index in [1.165, 1.54) is 6.42 Å². The third-order valence-corrected chi connectivity index (χ3v) is 3.45. The summed E-state index contributed by atoms with van der Waals surface area (Å²) in [6.45, 7) is 9.34. The molecule has 0 radical (unpaired) electrons. The summed E-state index contributed by atoms with van der Waals surface area (Å²) < 4.78 is 5.67. The van der Waals surface area contributed by atoms with Crippen LogP contribution in [0.5, 0.6) is 0 Å². The van der Waals surface area contributed by atoms with E-state index in [4.69, 9.17) is 10.5 Å². The number of hydrogen-bond acceptors (Lipinski definition) is 3. The third-order valence-electron chi connectivity index (χ3n) is 3.45. The van der Waals surface area contributed by atoms with Crippen LogP contribution < -0.4 is 11.1 Å². The second-order valence-corrected chi connectivity index (χ2v) is 4.86. The number of rotatable bonds is 6. The molecule has 3 atom stereocenters. The molecule has 90 valence electrons. The largest absolute Gasteiger partial charge is 0.378 e. The number of hydrogen-bond donors (Lipinski definition) is 2. The zero-order chi connectivity index (χ0) is 11.3. The molecule has 0 saturated carbocycles. The predicted molar refractivity (Wildman–Crippen MR) is 63.8 cm³/mol. The second kappa shape index (κ2) is 6.46. The molecule has 0 aromatic carbocycles. The Labute approximate surface area is 93.8 Å². The van der Waals surface area contributed by atoms with Crippen molar-refractivity contribution in [2.45, 2.75) is 45.8 Å². The van der Waals surface area contributed by atoms with Crippen molar-refractivity contribution in [1.29, 1.82) is 0 Å². The van der Waals surface area contributed by atoms with Crippen molar-refractivity contribution >= 4 is 0 Å². The van der Waals surface area contributed by atoms with Gasteiger partial charge >= 0.3 is 0 Å². The fourth-order valence-electron chi connectivity index (χ4n) is 2.27. The van der Waals surface area contributed by atoms with Crippen molar-refractivity contribution in [2.24, 2.45) is 17.6 Å². The zero-order valence-electron chi connectivity index (χ0n) is 10.3. The van der Waals surface area contributed by atoms with Gasteiger partial charge < -0.3 is 15.8 Å². The molecule has 1 saturated heterocycles. The molecule has 15 heavy (non-hydrogen) atoms. The Hall–Kier alpha value is -0.120. The van der Waals surface area contributed by atoms with E-state index in [2.05, 4.69) is 26.1 Å². The van der Waals surface area contributed by atoms with Crippen LogP contribution in [-0.4, -0.2) is 31.8 Å². The Kier molecular flexibility index (Phi) is 5.58. The van der Waals surface area contributed by atoms with Crippen molar-refractivity contribution in [3.05, 3.63) is 0 Å². The lowest BCUT2D eigenvalue weighted by Crippen LogP contribution is -2.43. The van der Waals surface area contributed by atoms with Gasteiger partial charge in [-0.15, -0.1) is 0 Å². The van der Waals surface area contributed by atoms with Crippen LogP contribution in [0.4, 0.5) is 0 Å². The minimum absolute atomic E-state index is 0.447. The minimum Gasteiger partial charge on any atom is -0.378 e. The van der Waals surface area contributed by atoms with Gasteiger partial charge in [-0.3, -0.25) is 0 Å². The van der Waals surface area contributed by atoms with E-state index < -0.39 is 0 Å². The zero-order valence-corrected chi connectivity index (χ0v) is 10.3. The lowest BCUT2D eigenvalue weighted by Gasteiger charge is -2.24. The molecule has 3 heteroatoms. The molecule has 0 aromatic rings. The minimum atomic E-state index is 0.447. The Morgan fingerprint density at radius 1 is 1.47 bits per heavy atom. The smallest absolute Gasteiger partial charge is 0.0613 e. The van der Waals surface area contributed by atoms with Gasteiger partial charge in [0.15, 0.2) is 0 Å². The first-order valence-electron chi connectivity index (χ1n) is 6.24. The van der Waals surface area contributed by atoms with Crippen LogP contribution in [0.25, 0.3) is 0 Å². The Bertz CT molecular complexity index is 173. The lowest BCUT2D eigenvalue weighted by molar-refractivity contribution is 0.0862. The van der Waals surface area contributed by atoms with Crippen molar-refractivity contribution in [3.8, 4) is 0 Å². The maximum absolute atomic E-state index is 5.73. The molecule has 0 aliphatic carbocycles. The van der Waals surface area contributed by atoms with Crippen molar-refractivity contribution < 1.29 is 4.74 Å². The second-order valence-electron chi connectivity index (χ2n) is 4.86. The van der Waals surface area contributed by atoms with E-state index in [1.54, 1.807) is 0 Å². The maximum Gasteiger partial charge on any atom is 0.0613 e. The van der Waals surface area contributed by atoms with Crippen LogP contribution in [0, 0.1) is 11.8 Å². The molecular weight excluding hydrogens is 188 g/mol. The number of nitrogens with two attached hydrogens (primary N) is 1. The fourth-order valence-corrected chi connectivity index (χ4v) is 2.27. The average molecular weight is 214 g/mol. The monoisotopic (exact) mass is 214 g/mol.